The standard InChI is InChI=1S/C12H19Br2NS/c1-4-6-15-7-5-12(2,3)9-8-10(13)16-11(9)14/h8,15H,4-7H2,1-3H3. The van der Waals surface area contributed by atoms with Crippen LogP contribution in [0.2, 0.25) is 0 Å². The SMILES string of the molecule is CCCNCCC(C)(C)c1cc(Br)sc1Br. The molecule has 0 spiro atoms. The first-order chi connectivity index (χ1) is 7.47. The van der Waals surface area contributed by atoms with Gasteiger partial charge in [0.25, 0.3) is 0 Å². The summed E-state index contributed by atoms with van der Waals surface area (Å²) < 4.78 is 2.45. The Labute approximate surface area is 119 Å². The quantitative estimate of drug-likeness (QED) is 0.701. The van der Waals surface area contributed by atoms with E-state index < -0.39 is 0 Å². The monoisotopic (exact) mass is 367 g/mol. The Morgan fingerprint density at radius 2 is 2.00 bits per heavy atom. The molecule has 0 aliphatic carbocycles. The third kappa shape index (κ3) is 4.13. The maximum Gasteiger partial charge on any atom is 0.0747 e. The van der Waals surface area contributed by atoms with Gasteiger partial charge in [-0.2, -0.15) is 0 Å². The number of hydrogen-bond donors (Lipinski definition) is 1. The number of halogens is 2. The van der Waals surface area contributed by atoms with Gasteiger partial charge in [0.1, 0.15) is 0 Å². The van der Waals surface area contributed by atoms with Gasteiger partial charge in [-0.1, -0.05) is 20.8 Å². The van der Waals surface area contributed by atoms with E-state index >= 15 is 0 Å². The van der Waals surface area contributed by atoms with Crippen LogP contribution < -0.4 is 5.32 Å². The molecule has 0 aliphatic rings. The van der Waals surface area contributed by atoms with Crippen LogP contribution in [0.3, 0.4) is 0 Å². The highest BCUT2D eigenvalue weighted by Gasteiger charge is 2.24. The lowest BCUT2D eigenvalue weighted by molar-refractivity contribution is 0.457. The zero-order valence-electron chi connectivity index (χ0n) is 10.1. The van der Waals surface area contributed by atoms with Gasteiger partial charge < -0.3 is 5.32 Å². The van der Waals surface area contributed by atoms with E-state index in [0.29, 0.717) is 0 Å². The lowest BCUT2D eigenvalue weighted by Crippen LogP contribution is -2.25. The number of rotatable bonds is 6. The Balaban J connectivity index is 2.59. The second kappa shape index (κ2) is 6.53. The largest absolute Gasteiger partial charge is 0.317 e. The highest BCUT2D eigenvalue weighted by molar-refractivity contribution is 9.12. The molecule has 0 saturated carbocycles. The van der Waals surface area contributed by atoms with E-state index in [4.69, 9.17) is 0 Å². The van der Waals surface area contributed by atoms with E-state index in [0.717, 1.165) is 19.5 Å². The lowest BCUT2D eigenvalue weighted by atomic mass is 9.83. The molecule has 1 N–H and O–H groups in total. The number of thiophene rings is 1. The molecule has 0 atom stereocenters. The van der Waals surface area contributed by atoms with Crippen LogP contribution in [0.15, 0.2) is 13.6 Å². The molecule has 0 fully saturated rings. The van der Waals surface area contributed by atoms with E-state index in [9.17, 15) is 0 Å². The average Bonchev–Trinajstić information content (AvgIpc) is 2.53. The van der Waals surface area contributed by atoms with Gasteiger partial charge in [0.05, 0.1) is 7.57 Å². The second-order valence-corrected chi connectivity index (χ2v) is 8.37. The van der Waals surface area contributed by atoms with Crippen molar-refractivity contribution in [3.05, 3.63) is 19.2 Å². The predicted molar refractivity (Wildman–Crippen MR) is 80.5 cm³/mol. The van der Waals surface area contributed by atoms with Crippen molar-refractivity contribution in [3.8, 4) is 0 Å². The van der Waals surface area contributed by atoms with Gasteiger partial charge >= 0.3 is 0 Å². The first-order valence-electron chi connectivity index (χ1n) is 5.63. The summed E-state index contributed by atoms with van der Waals surface area (Å²) >= 11 is 8.94. The van der Waals surface area contributed by atoms with Crippen molar-refractivity contribution < 1.29 is 0 Å². The van der Waals surface area contributed by atoms with E-state index in [1.807, 2.05) is 0 Å². The van der Waals surface area contributed by atoms with Gasteiger partial charge in [-0.3, -0.25) is 0 Å². The Kier molecular flexibility index (Phi) is 5.99. The summed E-state index contributed by atoms with van der Waals surface area (Å²) in [5.74, 6) is 0. The van der Waals surface area contributed by atoms with Crippen LogP contribution in [0.25, 0.3) is 0 Å². The number of nitrogens with one attached hydrogen (secondary N) is 1. The van der Waals surface area contributed by atoms with Crippen molar-refractivity contribution in [2.24, 2.45) is 0 Å². The molecule has 16 heavy (non-hydrogen) atoms. The van der Waals surface area contributed by atoms with Crippen LogP contribution in [0, 0.1) is 0 Å². The first-order valence-corrected chi connectivity index (χ1v) is 8.03. The Morgan fingerprint density at radius 3 is 2.50 bits per heavy atom. The Hall–Kier alpha value is 0.620. The maximum atomic E-state index is 3.64. The molecule has 92 valence electrons. The molecule has 0 bridgehead atoms. The molecule has 4 heteroatoms. The fourth-order valence-corrected chi connectivity index (χ4v) is 4.97. The molecule has 1 aromatic heterocycles. The van der Waals surface area contributed by atoms with E-state index in [-0.39, 0.29) is 5.41 Å². The van der Waals surface area contributed by atoms with Gasteiger partial charge in [-0.05, 0) is 74.8 Å². The fourth-order valence-electron chi connectivity index (χ4n) is 1.64. The summed E-state index contributed by atoms with van der Waals surface area (Å²) in [5, 5.41) is 3.46. The van der Waals surface area contributed by atoms with Crippen molar-refractivity contribution in [1.82, 2.24) is 5.32 Å². The van der Waals surface area contributed by atoms with E-state index in [2.05, 4.69) is 64.0 Å². The molecule has 1 heterocycles. The summed E-state index contributed by atoms with van der Waals surface area (Å²) in [6.07, 6.45) is 2.36. The van der Waals surface area contributed by atoms with E-state index in [1.54, 1.807) is 11.3 Å². The van der Waals surface area contributed by atoms with Crippen molar-refractivity contribution in [2.75, 3.05) is 13.1 Å². The smallest absolute Gasteiger partial charge is 0.0747 e. The van der Waals surface area contributed by atoms with Gasteiger partial charge in [0.15, 0.2) is 0 Å². The summed E-state index contributed by atoms with van der Waals surface area (Å²) in [4.78, 5) is 0. The molecule has 0 amide bonds. The molecule has 1 aromatic rings. The summed E-state index contributed by atoms with van der Waals surface area (Å²) in [7, 11) is 0. The van der Waals surface area contributed by atoms with Gasteiger partial charge in [0.2, 0.25) is 0 Å². The van der Waals surface area contributed by atoms with Crippen molar-refractivity contribution in [2.45, 2.75) is 39.0 Å². The minimum atomic E-state index is 0.224. The van der Waals surface area contributed by atoms with Crippen molar-refractivity contribution >= 4 is 43.2 Å². The van der Waals surface area contributed by atoms with Crippen LogP contribution in [-0.2, 0) is 5.41 Å². The lowest BCUT2D eigenvalue weighted by Gasteiger charge is -2.24. The summed E-state index contributed by atoms with van der Waals surface area (Å²) in [6, 6.07) is 2.23. The van der Waals surface area contributed by atoms with Crippen LogP contribution in [0.1, 0.15) is 39.2 Å². The van der Waals surface area contributed by atoms with E-state index in [1.165, 1.54) is 19.6 Å². The Bertz CT molecular complexity index is 334. The van der Waals surface area contributed by atoms with Crippen LogP contribution in [0.5, 0.6) is 0 Å². The van der Waals surface area contributed by atoms with Crippen LogP contribution >= 0.6 is 43.2 Å². The summed E-state index contributed by atoms with van der Waals surface area (Å²) in [5.41, 5.74) is 1.63. The fraction of sp³-hybridized carbons (Fsp3) is 0.667. The third-order valence-electron chi connectivity index (χ3n) is 2.74. The Morgan fingerprint density at radius 1 is 1.31 bits per heavy atom. The highest BCUT2D eigenvalue weighted by Crippen LogP contribution is 2.40. The molecular weight excluding hydrogens is 350 g/mol. The topological polar surface area (TPSA) is 12.0 Å². The van der Waals surface area contributed by atoms with Crippen molar-refractivity contribution in [3.63, 3.8) is 0 Å². The molecule has 0 aromatic carbocycles. The first kappa shape index (κ1) is 14.7. The third-order valence-corrected chi connectivity index (χ3v) is 5.08. The zero-order chi connectivity index (χ0) is 12.2. The molecule has 1 rings (SSSR count). The minimum absolute atomic E-state index is 0.224. The normalized spacial score (nSPS) is 12.1. The molecule has 0 saturated heterocycles. The van der Waals surface area contributed by atoms with Crippen LogP contribution in [0.4, 0.5) is 0 Å². The van der Waals surface area contributed by atoms with Gasteiger partial charge in [-0.25, -0.2) is 0 Å². The average molecular weight is 369 g/mol. The van der Waals surface area contributed by atoms with Gasteiger partial charge in [0, 0.05) is 0 Å². The molecule has 1 nitrogen and oxygen atoms in total. The number of hydrogen-bond acceptors (Lipinski definition) is 2. The van der Waals surface area contributed by atoms with Crippen molar-refractivity contribution in [1.29, 1.82) is 0 Å². The molecule has 0 aliphatic heterocycles. The summed E-state index contributed by atoms with van der Waals surface area (Å²) in [6.45, 7) is 9.01. The molecular formula is C12H19Br2NS. The second-order valence-electron chi connectivity index (χ2n) is 4.62. The van der Waals surface area contributed by atoms with Gasteiger partial charge in [-0.15, -0.1) is 11.3 Å². The minimum Gasteiger partial charge on any atom is -0.317 e. The molecule has 0 unspecified atom stereocenters. The highest BCUT2D eigenvalue weighted by atomic mass is 79.9. The zero-order valence-corrected chi connectivity index (χ0v) is 14.1. The molecule has 0 radical (unpaired) electrons. The maximum absolute atomic E-state index is 3.64. The predicted octanol–water partition coefficient (Wildman–Crippen LogP) is 4.94. The van der Waals surface area contributed by atoms with Crippen LogP contribution in [-0.4, -0.2) is 13.1 Å².